The van der Waals surface area contributed by atoms with Crippen molar-refractivity contribution in [2.75, 3.05) is 17.3 Å². The number of benzene rings is 2. The summed E-state index contributed by atoms with van der Waals surface area (Å²) in [5.74, 6) is 2.53. The minimum Gasteiger partial charge on any atom is -0.444 e. The van der Waals surface area contributed by atoms with E-state index < -0.39 is 23.8 Å². The zero-order valence-corrected chi connectivity index (χ0v) is 24.9. The number of ether oxygens (including phenoxy) is 1. The molecule has 0 fully saturated rings. The van der Waals surface area contributed by atoms with Gasteiger partial charge in [0.1, 0.15) is 17.7 Å². The Kier molecular flexibility index (Phi) is 11.9. The number of aryl methyl sites for hydroxylation is 1. The predicted molar refractivity (Wildman–Crippen MR) is 160 cm³/mol. The summed E-state index contributed by atoms with van der Waals surface area (Å²) < 4.78 is 5.45. The number of carbonyl (C=O) groups excluding carboxylic acids is 3. The molecule has 0 aliphatic heterocycles. The molecule has 0 saturated carbocycles. The van der Waals surface area contributed by atoms with Gasteiger partial charge < -0.3 is 20.3 Å². The summed E-state index contributed by atoms with van der Waals surface area (Å²) in [6.45, 7) is 11.0. The van der Waals surface area contributed by atoms with E-state index >= 15 is 0 Å². The molecule has 7 nitrogen and oxygen atoms in total. The van der Waals surface area contributed by atoms with Crippen LogP contribution in [0.1, 0.15) is 70.2 Å². The quantitative estimate of drug-likeness (QED) is 0.338. The van der Waals surface area contributed by atoms with Gasteiger partial charge in [0.25, 0.3) is 5.91 Å². The Morgan fingerprint density at radius 2 is 1.74 bits per heavy atom. The van der Waals surface area contributed by atoms with E-state index in [0.29, 0.717) is 35.4 Å². The lowest BCUT2D eigenvalue weighted by Crippen LogP contribution is -2.55. The molecule has 2 aromatic carbocycles. The van der Waals surface area contributed by atoms with Gasteiger partial charge in [0.15, 0.2) is 0 Å². The lowest BCUT2D eigenvalue weighted by atomic mass is 9.95. The largest absolute Gasteiger partial charge is 0.444 e. The standard InChI is InChI=1S/C31H41N3O4S/c1-9-22(4)34(29(36)26(19-20-39-8)33-30(37)38-31(5,6)7)27(24-17-13-12-16-23(24)10-2)28(35)32-25-18-14-11-15-21(25)3/h2,11-18,22,26-27H,9,19-20H2,1,3-8H3,(H,32,35)(H,33,37). The van der Waals surface area contributed by atoms with Crippen molar-refractivity contribution in [3.63, 3.8) is 0 Å². The number of amides is 3. The van der Waals surface area contributed by atoms with Crippen LogP contribution in [0.4, 0.5) is 10.5 Å². The molecule has 39 heavy (non-hydrogen) atoms. The number of rotatable bonds is 11. The van der Waals surface area contributed by atoms with Gasteiger partial charge in [-0.1, -0.05) is 49.2 Å². The van der Waals surface area contributed by atoms with Crippen LogP contribution >= 0.6 is 11.8 Å². The second kappa shape index (κ2) is 14.6. The van der Waals surface area contributed by atoms with Crippen LogP contribution in [0.5, 0.6) is 0 Å². The van der Waals surface area contributed by atoms with E-state index in [4.69, 9.17) is 11.2 Å². The lowest BCUT2D eigenvalue weighted by Gasteiger charge is -2.38. The first kappa shape index (κ1) is 31.8. The SMILES string of the molecule is C#Cc1ccccc1C(C(=O)Nc1ccccc1C)N(C(=O)C(CCSC)NC(=O)OC(C)(C)C)C(C)CC. The van der Waals surface area contributed by atoms with Gasteiger partial charge in [0, 0.05) is 17.3 Å². The van der Waals surface area contributed by atoms with Crippen molar-refractivity contribution in [3.8, 4) is 12.3 Å². The number of thioether (sulfide) groups is 1. The number of carbonyl (C=O) groups is 3. The first-order valence-corrected chi connectivity index (χ1v) is 14.6. The zero-order chi connectivity index (χ0) is 29.2. The maximum atomic E-state index is 14.3. The van der Waals surface area contributed by atoms with Gasteiger partial charge in [-0.3, -0.25) is 9.59 Å². The maximum Gasteiger partial charge on any atom is 0.408 e. The number of alkyl carbamates (subject to hydrolysis) is 1. The Morgan fingerprint density at radius 3 is 2.33 bits per heavy atom. The van der Waals surface area contributed by atoms with E-state index in [1.165, 1.54) is 0 Å². The van der Waals surface area contributed by atoms with Gasteiger partial charge in [-0.25, -0.2) is 4.79 Å². The number of anilines is 1. The van der Waals surface area contributed by atoms with E-state index in [-0.39, 0.29) is 17.9 Å². The molecule has 8 heteroatoms. The number of terminal acetylenes is 1. The van der Waals surface area contributed by atoms with Gasteiger partial charge in [-0.05, 0) is 82.7 Å². The normalized spacial score (nSPS) is 13.4. The Bertz CT molecular complexity index is 1180. The molecule has 0 radical (unpaired) electrons. The van der Waals surface area contributed by atoms with Crippen molar-refractivity contribution < 1.29 is 19.1 Å². The van der Waals surface area contributed by atoms with Crippen molar-refractivity contribution >= 4 is 35.4 Å². The summed E-state index contributed by atoms with van der Waals surface area (Å²) in [5, 5.41) is 5.77. The molecule has 0 bridgehead atoms. The zero-order valence-electron chi connectivity index (χ0n) is 24.0. The number of hydrogen-bond acceptors (Lipinski definition) is 5. The summed E-state index contributed by atoms with van der Waals surface area (Å²) in [5.41, 5.74) is 1.87. The molecular formula is C31H41N3O4S. The van der Waals surface area contributed by atoms with Crippen molar-refractivity contribution in [1.29, 1.82) is 0 Å². The van der Waals surface area contributed by atoms with E-state index in [9.17, 15) is 14.4 Å². The van der Waals surface area contributed by atoms with Gasteiger partial charge >= 0.3 is 6.09 Å². The molecule has 0 heterocycles. The van der Waals surface area contributed by atoms with Crippen molar-refractivity contribution in [2.45, 2.75) is 78.1 Å². The molecule has 3 unspecified atom stereocenters. The van der Waals surface area contributed by atoms with Gasteiger partial charge in [0.2, 0.25) is 5.91 Å². The van der Waals surface area contributed by atoms with Crippen LogP contribution in [0.15, 0.2) is 48.5 Å². The first-order chi connectivity index (χ1) is 18.4. The average molecular weight is 552 g/mol. The molecular weight excluding hydrogens is 510 g/mol. The van der Waals surface area contributed by atoms with E-state index in [1.807, 2.05) is 51.3 Å². The fourth-order valence-corrected chi connectivity index (χ4v) is 4.59. The molecule has 0 saturated heterocycles. The van der Waals surface area contributed by atoms with Gasteiger partial charge in [-0.15, -0.1) is 6.42 Å². The number of nitrogens with zero attached hydrogens (tertiary/aromatic N) is 1. The highest BCUT2D eigenvalue weighted by atomic mass is 32.2. The van der Waals surface area contributed by atoms with Crippen molar-refractivity contribution in [2.24, 2.45) is 0 Å². The third-order valence-electron chi connectivity index (χ3n) is 6.26. The molecule has 210 valence electrons. The Hall–Kier alpha value is -3.44. The summed E-state index contributed by atoms with van der Waals surface area (Å²) in [6.07, 6.45) is 8.04. The highest BCUT2D eigenvalue weighted by Crippen LogP contribution is 2.30. The Labute approximate surface area is 237 Å². The van der Waals surface area contributed by atoms with Crippen LogP contribution < -0.4 is 10.6 Å². The molecule has 0 spiro atoms. The van der Waals surface area contributed by atoms with E-state index in [1.54, 1.807) is 61.7 Å². The molecule has 2 rings (SSSR count). The topological polar surface area (TPSA) is 87.7 Å². The summed E-state index contributed by atoms with van der Waals surface area (Å²) in [7, 11) is 0. The van der Waals surface area contributed by atoms with Crippen LogP contribution in [0, 0.1) is 19.3 Å². The third kappa shape index (κ3) is 9.07. The highest BCUT2D eigenvalue weighted by molar-refractivity contribution is 7.98. The average Bonchev–Trinajstić information content (AvgIpc) is 2.89. The molecule has 2 aromatic rings. The van der Waals surface area contributed by atoms with E-state index in [0.717, 1.165) is 5.56 Å². The number of hydrogen-bond donors (Lipinski definition) is 2. The molecule has 2 N–H and O–H groups in total. The van der Waals surface area contributed by atoms with Gasteiger partial charge in [0.05, 0.1) is 0 Å². The minimum atomic E-state index is -1.03. The third-order valence-corrected chi connectivity index (χ3v) is 6.90. The second-order valence-electron chi connectivity index (χ2n) is 10.4. The van der Waals surface area contributed by atoms with Crippen LogP contribution in [-0.2, 0) is 14.3 Å². The molecule has 0 aliphatic carbocycles. The number of para-hydroxylation sites is 1. The smallest absolute Gasteiger partial charge is 0.408 e. The number of nitrogens with one attached hydrogen (secondary N) is 2. The maximum absolute atomic E-state index is 14.3. The summed E-state index contributed by atoms with van der Waals surface area (Å²) >= 11 is 1.57. The fraction of sp³-hybridized carbons (Fsp3) is 0.452. The van der Waals surface area contributed by atoms with Crippen LogP contribution in [0.3, 0.4) is 0 Å². The monoisotopic (exact) mass is 551 g/mol. The molecule has 3 atom stereocenters. The van der Waals surface area contributed by atoms with Crippen molar-refractivity contribution in [3.05, 3.63) is 65.2 Å². The molecule has 0 aliphatic rings. The first-order valence-electron chi connectivity index (χ1n) is 13.2. The Balaban J connectivity index is 2.62. The van der Waals surface area contributed by atoms with Crippen molar-refractivity contribution in [1.82, 2.24) is 10.2 Å². The summed E-state index contributed by atoms with van der Waals surface area (Å²) in [6, 6.07) is 12.3. The lowest BCUT2D eigenvalue weighted by molar-refractivity contribution is -0.143. The minimum absolute atomic E-state index is 0.340. The predicted octanol–water partition coefficient (Wildman–Crippen LogP) is 5.93. The van der Waals surface area contributed by atoms with E-state index in [2.05, 4.69) is 16.6 Å². The van der Waals surface area contributed by atoms with Crippen LogP contribution in [0.25, 0.3) is 0 Å². The molecule has 3 amide bonds. The van der Waals surface area contributed by atoms with Crippen LogP contribution in [0.2, 0.25) is 0 Å². The highest BCUT2D eigenvalue weighted by Gasteiger charge is 2.39. The summed E-state index contributed by atoms with van der Waals surface area (Å²) in [4.78, 5) is 42.7. The van der Waals surface area contributed by atoms with Gasteiger partial charge in [-0.2, -0.15) is 11.8 Å². The fourth-order valence-electron chi connectivity index (χ4n) is 4.12. The van der Waals surface area contributed by atoms with Crippen LogP contribution in [-0.4, -0.2) is 52.5 Å². The second-order valence-corrected chi connectivity index (χ2v) is 11.4. The molecule has 0 aromatic heterocycles. The Morgan fingerprint density at radius 1 is 1.10 bits per heavy atom.